The Balaban J connectivity index is 2.29. The topological polar surface area (TPSA) is 106 Å². The van der Waals surface area contributed by atoms with Gasteiger partial charge in [0.25, 0.3) is 5.69 Å². The summed E-state index contributed by atoms with van der Waals surface area (Å²) in [6.45, 7) is 2.96. The van der Waals surface area contributed by atoms with E-state index in [4.69, 9.17) is 4.74 Å². The van der Waals surface area contributed by atoms with E-state index in [1.807, 2.05) is 13.8 Å². The van der Waals surface area contributed by atoms with Crippen molar-refractivity contribution in [3.05, 3.63) is 34.4 Å². The van der Waals surface area contributed by atoms with Gasteiger partial charge in [-0.05, 0) is 26.0 Å². The fourth-order valence-electron chi connectivity index (χ4n) is 2.13. The average molecular weight is 418 g/mol. The number of hydrogen-bond donors (Lipinski definition) is 1. The van der Waals surface area contributed by atoms with E-state index in [9.17, 15) is 27.7 Å². The minimum atomic E-state index is -4.37. The van der Waals surface area contributed by atoms with Crippen LogP contribution in [0, 0.1) is 10.1 Å². The lowest BCUT2D eigenvalue weighted by Gasteiger charge is -2.20. The Hall–Kier alpha value is -3.25. The molecule has 13 heteroatoms. The summed E-state index contributed by atoms with van der Waals surface area (Å²) in [6, 6.07) is 4.71. The molecule has 0 atom stereocenters. The third-order valence-corrected chi connectivity index (χ3v) is 3.70. The maximum absolute atomic E-state index is 13.1. The third-order valence-electron chi connectivity index (χ3n) is 3.70. The van der Waals surface area contributed by atoms with Gasteiger partial charge in [0.05, 0.1) is 4.92 Å². The van der Waals surface area contributed by atoms with Crippen LogP contribution in [0.15, 0.2) is 24.3 Å². The molecular weight excluding hydrogens is 400 g/mol. The van der Waals surface area contributed by atoms with Crippen LogP contribution in [0.4, 0.5) is 40.8 Å². The van der Waals surface area contributed by atoms with Crippen molar-refractivity contribution in [1.29, 1.82) is 0 Å². The lowest BCUT2D eigenvalue weighted by atomic mass is 10.3. The predicted molar refractivity (Wildman–Crippen MR) is 96.2 cm³/mol. The molecule has 1 N–H and O–H groups in total. The maximum atomic E-state index is 13.1. The quantitative estimate of drug-likeness (QED) is 0.354. The molecule has 9 nitrogen and oxygen atoms in total. The van der Waals surface area contributed by atoms with Crippen LogP contribution in [0.25, 0.3) is 0 Å². The van der Waals surface area contributed by atoms with Crippen molar-refractivity contribution < 1.29 is 27.2 Å². The first-order chi connectivity index (χ1) is 13.7. The minimum Gasteiger partial charge on any atom is -0.457 e. The van der Waals surface area contributed by atoms with Crippen LogP contribution in [-0.2, 0) is 0 Å². The second-order valence-electron chi connectivity index (χ2n) is 5.69. The molecule has 2 rings (SSSR count). The fraction of sp³-hybridized carbons (Fsp3) is 0.438. The third kappa shape index (κ3) is 5.86. The summed E-state index contributed by atoms with van der Waals surface area (Å²) < 4.78 is 55.7. The molecular formula is C16H18F4N6O3. The molecule has 1 aromatic carbocycles. The molecule has 158 valence electrons. The van der Waals surface area contributed by atoms with Gasteiger partial charge in [0, 0.05) is 30.9 Å². The smallest absolute Gasteiger partial charge is 0.340 e. The second kappa shape index (κ2) is 9.30. The first-order valence-electron chi connectivity index (χ1n) is 8.47. The molecule has 0 aliphatic heterocycles. The van der Waals surface area contributed by atoms with Crippen molar-refractivity contribution in [2.24, 2.45) is 0 Å². The maximum Gasteiger partial charge on any atom is 0.340 e. The molecule has 1 heterocycles. The molecule has 1 aromatic heterocycles. The predicted octanol–water partition coefficient (Wildman–Crippen LogP) is 3.65. The van der Waals surface area contributed by atoms with Gasteiger partial charge in [-0.3, -0.25) is 10.1 Å². The second-order valence-corrected chi connectivity index (χ2v) is 5.69. The Morgan fingerprint density at radius 2 is 1.79 bits per heavy atom. The molecule has 0 unspecified atom stereocenters. The number of aromatic nitrogens is 3. The van der Waals surface area contributed by atoms with Gasteiger partial charge in [0.2, 0.25) is 11.9 Å². The van der Waals surface area contributed by atoms with E-state index in [0.29, 0.717) is 18.8 Å². The average Bonchev–Trinajstić information content (AvgIpc) is 2.67. The van der Waals surface area contributed by atoms with E-state index in [-0.39, 0.29) is 17.6 Å². The summed E-state index contributed by atoms with van der Waals surface area (Å²) in [7, 11) is 0. The van der Waals surface area contributed by atoms with E-state index in [2.05, 4.69) is 20.3 Å². The van der Waals surface area contributed by atoms with Gasteiger partial charge in [-0.2, -0.15) is 23.7 Å². The summed E-state index contributed by atoms with van der Waals surface area (Å²) >= 11 is 0. The lowest BCUT2D eigenvalue weighted by molar-refractivity contribution is -0.384. The summed E-state index contributed by atoms with van der Waals surface area (Å²) in [6.07, 6.45) is -3.90. The van der Waals surface area contributed by atoms with Gasteiger partial charge in [-0.15, -0.1) is 0 Å². The number of nitrogens with one attached hydrogen (secondary N) is 1. The lowest BCUT2D eigenvalue weighted by Crippen LogP contribution is -2.34. The number of anilines is 3. The van der Waals surface area contributed by atoms with Crippen LogP contribution in [0.3, 0.4) is 0 Å². The Bertz CT molecular complexity index is 834. The SMILES string of the molecule is CCN(CC)c1nc(Nc2ccc([N+](=O)[O-])cc2)nc(OCC(F)(F)C(F)F)n1. The zero-order valence-corrected chi connectivity index (χ0v) is 15.5. The zero-order valence-electron chi connectivity index (χ0n) is 15.5. The first-order valence-corrected chi connectivity index (χ1v) is 8.47. The van der Waals surface area contributed by atoms with Crippen LogP contribution in [-0.4, -0.2) is 51.9 Å². The fourth-order valence-corrected chi connectivity index (χ4v) is 2.13. The van der Waals surface area contributed by atoms with Crippen molar-refractivity contribution >= 4 is 23.3 Å². The number of hydrogen-bond acceptors (Lipinski definition) is 8. The number of alkyl halides is 4. The highest BCUT2D eigenvalue weighted by atomic mass is 19.3. The van der Waals surface area contributed by atoms with Gasteiger partial charge in [0.15, 0.2) is 6.61 Å². The van der Waals surface area contributed by atoms with Gasteiger partial charge in [-0.1, -0.05) is 0 Å². The van der Waals surface area contributed by atoms with Crippen LogP contribution in [0.1, 0.15) is 13.8 Å². The van der Waals surface area contributed by atoms with E-state index < -0.39 is 29.9 Å². The van der Waals surface area contributed by atoms with Gasteiger partial charge in [0.1, 0.15) is 0 Å². The highest BCUT2D eigenvalue weighted by Gasteiger charge is 2.42. The number of non-ortho nitro benzene ring substituents is 1. The Morgan fingerprint density at radius 3 is 2.31 bits per heavy atom. The minimum absolute atomic E-state index is 0.0878. The number of halogens is 4. The van der Waals surface area contributed by atoms with Crippen molar-refractivity contribution in [2.45, 2.75) is 26.2 Å². The number of rotatable bonds is 10. The molecule has 0 radical (unpaired) electrons. The van der Waals surface area contributed by atoms with Crippen LogP contribution < -0.4 is 15.0 Å². The number of nitro groups is 1. The molecule has 0 fully saturated rings. The van der Waals surface area contributed by atoms with E-state index >= 15 is 0 Å². The highest BCUT2D eigenvalue weighted by molar-refractivity contribution is 5.56. The van der Waals surface area contributed by atoms with Crippen molar-refractivity contribution in [2.75, 3.05) is 29.9 Å². The van der Waals surface area contributed by atoms with Crippen molar-refractivity contribution in [3.63, 3.8) is 0 Å². The number of nitro benzene ring substituents is 1. The van der Waals surface area contributed by atoms with Crippen LogP contribution in [0.2, 0.25) is 0 Å². The summed E-state index contributed by atoms with van der Waals surface area (Å²) in [5.41, 5.74) is 0.240. The molecule has 0 spiro atoms. The Labute approximate surface area is 162 Å². The highest BCUT2D eigenvalue weighted by Crippen LogP contribution is 2.25. The molecule has 0 bridgehead atoms. The summed E-state index contributed by atoms with van der Waals surface area (Å²) in [5.74, 6) is -4.38. The van der Waals surface area contributed by atoms with Gasteiger partial charge >= 0.3 is 18.4 Å². The van der Waals surface area contributed by atoms with Crippen molar-refractivity contribution in [3.8, 4) is 6.01 Å². The number of nitrogens with zero attached hydrogens (tertiary/aromatic N) is 5. The summed E-state index contributed by atoms with van der Waals surface area (Å²) in [4.78, 5) is 23.7. The van der Waals surface area contributed by atoms with Crippen LogP contribution >= 0.6 is 0 Å². The monoisotopic (exact) mass is 418 g/mol. The largest absolute Gasteiger partial charge is 0.457 e. The number of ether oxygens (including phenoxy) is 1. The van der Waals surface area contributed by atoms with Gasteiger partial charge < -0.3 is 15.0 Å². The summed E-state index contributed by atoms with van der Waals surface area (Å²) in [5, 5.41) is 13.5. The molecule has 0 amide bonds. The molecule has 2 aromatic rings. The van der Waals surface area contributed by atoms with Crippen LogP contribution in [0.5, 0.6) is 6.01 Å². The van der Waals surface area contributed by atoms with E-state index in [0.717, 1.165) is 0 Å². The first kappa shape index (κ1) is 22.0. The van der Waals surface area contributed by atoms with Gasteiger partial charge in [-0.25, -0.2) is 8.78 Å². The Kier molecular flexibility index (Phi) is 7.07. The standard InChI is InChI=1S/C16H18F4N6O3/c1-3-25(4-2)14-22-13(21-10-5-7-11(8-6-10)26(27)28)23-15(24-14)29-9-16(19,20)12(17)18/h5-8,12H,3-4,9H2,1-2H3,(H,21,22,23,24). The molecule has 29 heavy (non-hydrogen) atoms. The zero-order chi connectivity index (χ0) is 21.6. The Morgan fingerprint density at radius 1 is 1.17 bits per heavy atom. The molecule has 0 aliphatic carbocycles. The van der Waals surface area contributed by atoms with E-state index in [1.165, 1.54) is 24.3 Å². The number of benzene rings is 1. The van der Waals surface area contributed by atoms with E-state index in [1.54, 1.807) is 4.90 Å². The molecule has 0 saturated heterocycles. The molecule has 0 saturated carbocycles. The van der Waals surface area contributed by atoms with Crippen molar-refractivity contribution in [1.82, 2.24) is 15.0 Å². The normalized spacial score (nSPS) is 11.4. The molecule has 0 aliphatic rings.